The zero-order chi connectivity index (χ0) is 20.3. The molecule has 0 atom stereocenters. The number of likely N-dealkylation sites (N-methyl/N-ethyl adjacent to an activating group) is 1. The number of ether oxygens (including phenoxy) is 1. The number of nitrogens with zero attached hydrogens (tertiary/aromatic N) is 3. The molecule has 6 nitrogen and oxygen atoms in total. The Morgan fingerprint density at radius 1 is 1.00 bits per heavy atom. The highest BCUT2D eigenvalue weighted by Crippen LogP contribution is 2.33. The summed E-state index contributed by atoms with van der Waals surface area (Å²) in [6, 6.07) is 15.3. The van der Waals surface area contributed by atoms with E-state index in [0.717, 1.165) is 37.6 Å². The van der Waals surface area contributed by atoms with Gasteiger partial charge in [0, 0.05) is 39.8 Å². The van der Waals surface area contributed by atoms with Crippen molar-refractivity contribution >= 4 is 21.8 Å². The number of hydrogen-bond acceptors (Lipinski definition) is 5. The third-order valence-corrected chi connectivity index (χ3v) is 7.36. The van der Waals surface area contributed by atoms with Crippen molar-refractivity contribution in [3.63, 3.8) is 0 Å². The van der Waals surface area contributed by atoms with Crippen molar-refractivity contribution in [3.8, 4) is 5.75 Å². The summed E-state index contributed by atoms with van der Waals surface area (Å²) in [6.45, 7) is 4.67. The molecule has 0 radical (unpaired) electrons. The summed E-state index contributed by atoms with van der Waals surface area (Å²) in [6.07, 6.45) is 4.24. The van der Waals surface area contributed by atoms with Crippen molar-refractivity contribution < 1.29 is 13.2 Å². The Hall–Kier alpha value is -2.35. The molecule has 1 fully saturated rings. The number of anilines is 1. The summed E-state index contributed by atoms with van der Waals surface area (Å²) in [5.74, 6) is 0.743. The molecule has 2 aliphatic heterocycles. The summed E-state index contributed by atoms with van der Waals surface area (Å²) in [4.78, 5) is 4.65. The molecule has 2 heterocycles. The van der Waals surface area contributed by atoms with Crippen molar-refractivity contribution in [1.82, 2.24) is 9.21 Å². The number of rotatable bonds is 5. The lowest BCUT2D eigenvalue weighted by Crippen LogP contribution is -2.48. The Kier molecular flexibility index (Phi) is 5.89. The second kappa shape index (κ2) is 8.57. The van der Waals surface area contributed by atoms with Gasteiger partial charge >= 0.3 is 0 Å². The van der Waals surface area contributed by atoms with Crippen molar-refractivity contribution in [1.29, 1.82) is 0 Å². The second-order valence-electron chi connectivity index (χ2n) is 7.42. The fourth-order valence-electron chi connectivity index (χ4n) is 3.69. The minimum atomic E-state index is -3.50. The van der Waals surface area contributed by atoms with E-state index in [1.807, 2.05) is 30.1 Å². The first-order chi connectivity index (χ1) is 14.0. The average Bonchev–Trinajstić information content (AvgIpc) is 2.75. The number of benzene rings is 2. The van der Waals surface area contributed by atoms with Gasteiger partial charge in [-0.2, -0.15) is 4.31 Å². The second-order valence-corrected chi connectivity index (χ2v) is 9.36. The number of hydrogen-bond donors (Lipinski definition) is 0. The highest BCUT2D eigenvalue weighted by molar-refractivity contribution is 7.89. The average molecular weight is 414 g/mol. The standard InChI is InChI=1S/C22H27N3O3S/c1-23-16-17-28-22-10-9-20(18-21(22)23)29(26,27)25-14-12-24(13-15-25)11-5-8-19-6-3-2-4-7-19/h2-10,18H,11-17H2,1H3/b8-5+. The smallest absolute Gasteiger partial charge is 0.243 e. The minimum Gasteiger partial charge on any atom is -0.490 e. The Morgan fingerprint density at radius 3 is 2.52 bits per heavy atom. The molecule has 1 saturated heterocycles. The van der Waals surface area contributed by atoms with Crippen LogP contribution >= 0.6 is 0 Å². The van der Waals surface area contributed by atoms with Crippen LogP contribution in [0.4, 0.5) is 5.69 Å². The van der Waals surface area contributed by atoms with E-state index in [4.69, 9.17) is 4.74 Å². The molecule has 29 heavy (non-hydrogen) atoms. The molecule has 0 aromatic heterocycles. The Labute approximate surface area is 173 Å². The van der Waals surface area contributed by atoms with Crippen LogP contribution < -0.4 is 9.64 Å². The van der Waals surface area contributed by atoms with Gasteiger partial charge in [0.25, 0.3) is 0 Å². The third kappa shape index (κ3) is 4.47. The maximum Gasteiger partial charge on any atom is 0.243 e. The van der Waals surface area contributed by atoms with E-state index in [1.54, 1.807) is 22.5 Å². The van der Waals surface area contributed by atoms with E-state index >= 15 is 0 Å². The predicted octanol–water partition coefficient (Wildman–Crippen LogP) is 2.53. The molecule has 2 aromatic rings. The lowest BCUT2D eigenvalue weighted by molar-refractivity contribution is 0.204. The lowest BCUT2D eigenvalue weighted by atomic mass is 10.2. The molecular weight excluding hydrogens is 386 g/mol. The van der Waals surface area contributed by atoms with Gasteiger partial charge in [-0.1, -0.05) is 42.5 Å². The highest BCUT2D eigenvalue weighted by Gasteiger charge is 2.29. The van der Waals surface area contributed by atoms with Crippen molar-refractivity contribution in [2.75, 3.05) is 57.8 Å². The molecular formula is C22H27N3O3S. The summed E-state index contributed by atoms with van der Waals surface area (Å²) in [5.41, 5.74) is 2.01. The molecule has 0 spiro atoms. The molecule has 0 saturated carbocycles. The van der Waals surface area contributed by atoms with Crippen LogP contribution in [0.5, 0.6) is 5.75 Å². The number of fused-ring (bicyclic) bond motifs is 1. The van der Waals surface area contributed by atoms with Gasteiger partial charge in [0.05, 0.1) is 17.1 Å². The van der Waals surface area contributed by atoms with Gasteiger partial charge in [-0.25, -0.2) is 8.42 Å². The Morgan fingerprint density at radius 2 is 1.76 bits per heavy atom. The molecule has 0 aliphatic carbocycles. The predicted molar refractivity (Wildman–Crippen MR) is 116 cm³/mol. The lowest BCUT2D eigenvalue weighted by Gasteiger charge is -2.34. The van der Waals surface area contributed by atoms with Crippen molar-refractivity contribution in [3.05, 3.63) is 60.2 Å². The van der Waals surface area contributed by atoms with Gasteiger partial charge in [0.2, 0.25) is 10.0 Å². The van der Waals surface area contributed by atoms with E-state index in [1.165, 1.54) is 5.56 Å². The number of piperazine rings is 1. The van der Waals surface area contributed by atoms with Gasteiger partial charge in [-0.3, -0.25) is 4.90 Å². The summed E-state index contributed by atoms with van der Waals surface area (Å²) >= 11 is 0. The van der Waals surface area contributed by atoms with E-state index in [2.05, 4.69) is 29.2 Å². The fraction of sp³-hybridized carbons (Fsp3) is 0.364. The topological polar surface area (TPSA) is 53.1 Å². The highest BCUT2D eigenvalue weighted by atomic mass is 32.2. The van der Waals surface area contributed by atoms with E-state index in [-0.39, 0.29) is 0 Å². The molecule has 0 unspecified atom stereocenters. The summed E-state index contributed by atoms with van der Waals surface area (Å²) in [5, 5.41) is 0. The first kappa shape index (κ1) is 19.9. The van der Waals surface area contributed by atoms with Gasteiger partial charge in [-0.05, 0) is 23.8 Å². The molecule has 0 amide bonds. The van der Waals surface area contributed by atoms with E-state index in [0.29, 0.717) is 24.6 Å². The quantitative estimate of drug-likeness (QED) is 0.754. The normalized spacial score (nSPS) is 18.6. The first-order valence-corrected chi connectivity index (χ1v) is 11.4. The van der Waals surface area contributed by atoms with E-state index in [9.17, 15) is 8.42 Å². The molecule has 4 rings (SSSR count). The molecule has 154 valence electrons. The summed E-state index contributed by atoms with van der Waals surface area (Å²) < 4.78 is 33.5. The molecule has 2 aromatic carbocycles. The molecule has 7 heteroatoms. The zero-order valence-corrected chi connectivity index (χ0v) is 17.5. The van der Waals surface area contributed by atoms with Crippen LogP contribution in [-0.4, -0.2) is 70.5 Å². The Balaban J connectivity index is 1.38. The third-order valence-electron chi connectivity index (χ3n) is 5.47. The Bertz CT molecular complexity index is 968. The van der Waals surface area contributed by atoms with Crippen LogP contribution in [-0.2, 0) is 10.0 Å². The van der Waals surface area contributed by atoms with Gasteiger partial charge < -0.3 is 9.64 Å². The van der Waals surface area contributed by atoms with Crippen LogP contribution in [0.25, 0.3) is 6.08 Å². The fourth-order valence-corrected chi connectivity index (χ4v) is 5.14. The zero-order valence-electron chi connectivity index (χ0n) is 16.7. The summed E-state index contributed by atoms with van der Waals surface area (Å²) in [7, 11) is -1.54. The van der Waals surface area contributed by atoms with Crippen LogP contribution in [0.2, 0.25) is 0 Å². The maximum atomic E-state index is 13.1. The molecule has 2 aliphatic rings. The minimum absolute atomic E-state index is 0.339. The van der Waals surface area contributed by atoms with Crippen LogP contribution in [0.1, 0.15) is 5.56 Å². The van der Waals surface area contributed by atoms with Gasteiger partial charge in [0.15, 0.2) is 0 Å². The van der Waals surface area contributed by atoms with E-state index < -0.39 is 10.0 Å². The molecule has 0 bridgehead atoms. The first-order valence-electron chi connectivity index (χ1n) is 9.96. The maximum absolute atomic E-state index is 13.1. The number of sulfonamides is 1. The van der Waals surface area contributed by atoms with Gasteiger partial charge in [0.1, 0.15) is 12.4 Å². The largest absolute Gasteiger partial charge is 0.490 e. The van der Waals surface area contributed by atoms with Gasteiger partial charge in [-0.15, -0.1) is 0 Å². The SMILES string of the molecule is CN1CCOc2ccc(S(=O)(=O)N3CCN(C/C=C/c4ccccc4)CC3)cc21. The van der Waals surface area contributed by atoms with Crippen LogP contribution in [0.3, 0.4) is 0 Å². The monoisotopic (exact) mass is 413 g/mol. The van der Waals surface area contributed by atoms with Crippen LogP contribution in [0, 0.1) is 0 Å². The van der Waals surface area contributed by atoms with Crippen molar-refractivity contribution in [2.24, 2.45) is 0 Å². The molecule has 0 N–H and O–H groups in total. The van der Waals surface area contributed by atoms with Crippen LogP contribution in [0.15, 0.2) is 59.5 Å². The van der Waals surface area contributed by atoms with Crippen molar-refractivity contribution in [2.45, 2.75) is 4.90 Å².